The molecule has 0 radical (unpaired) electrons. The maximum atomic E-state index is 13.0. The molecule has 1 aromatic carbocycles. The van der Waals surface area contributed by atoms with Crippen molar-refractivity contribution < 1.29 is 14.7 Å². The summed E-state index contributed by atoms with van der Waals surface area (Å²) in [7, 11) is 0. The lowest BCUT2D eigenvalue weighted by atomic mass is 10.1. The second kappa shape index (κ2) is 7.80. The van der Waals surface area contributed by atoms with Crippen LogP contribution in [0.3, 0.4) is 0 Å². The van der Waals surface area contributed by atoms with Crippen LogP contribution in [0.4, 0.5) is 5.69 Å². The fraction of sp³-hybridized carbons (Fsp3) is 0.579. The van der Waals surface area contributed by atoms with E-state index in [0.29, 0.717) is 13.1 Å². The van der Waals surface area contributed by atoms with Gasteiger partial charge in [0.1, 0.15) is 10.8 Å². The van der Waals surface area contributed by atoms with Gasteiger partial charge in [-0.1, -0.05) is 32.4 Å². The first kappa shape index (κ1) is 20.1. The number of likely N-dealkylation sites (tertiary alicyclic amines) is 2. The molecular weight excluding hydrogens is 386 g/mol. The zero-order valence-electron chi connectivity index (χ0n) is 15.8. The van der Waals surface area contributed by atoms with Gasteiger partial charge in [-0.05, 0) is 30.2 Å². The number of piperazine rings is 1. The van der Waals surface area contributed by atoms with E-state index in [-0.39, 0.29) is 57.1 Å². The summed E-state index contributed by atoms with van der Waals surface area (Å²) in [4.78, 5) is 29.6. The summed E-state index contributed by atoms with van der Waals surface area (Å²) >= 11 is 7.65. The van der Waals surface area contributed by atoms with Crippen LogP contribution in [-0.2, 0) is 4.79 Å². The lowest BCUT2D eigenvalue weighted by Gasteiger charge is -2.36. The van der Waals surface area contributed by atoms with Crippen LogP contribution in [0, 0.1) is 5.92 Å². The number of anilines is 1. The molecule has 27 heavy (non-hydrogen) atoms. The number of rotatable bonds is 5. The summed E-state index contributed by atoms with van der Waals surface area (Å²) in [6.45, 7) is 7.24. The van der Waals surface area contributed by atoms with E-state index in [9.17, 15) is 14.7 Å². The molecule has 1 aromatic rings. The highest BCUT2D eigenvalue weighted by atomic mass is 35.5. The van der Waals surface area contributed by atoms with Crippen molar-refractivity contribution in [1.82, 2.24) is 9.80 Å². The number of phenols is 1. The summed E-state index contributed by atoms with van der Waals surface area (Å²) in [5.74, 6) is 0.801. The molecule has 2 heterocycles. The van der Waals surface area contributed by atoms with E-state index >= 15 is 0 Å². The van der Waals surface area contributed by atoms with Gasteiger partial charge in [0.25, 0.3) is 5.91 Å². The molecule has 0 aromatic heterocycles. The number of nitrogens with two attached hydrogens (primary N) is 1. The number of phenolic OH excluding ortho intramolecular Hbond substituents is 1. The Bertz CT molecular complexity index is 758. The Hall–Kier alpha value is -1.60. The number of nitrogens with zero attached hydrogens (tertiary/aromatic N) is 2. The first-order valence-corrected chi connectivity index (χ1v) is 10.7. The monoisotopic (exact) mass is 411 g/mol. The maximum absolute atomic E-state index is 13.0. The van der Waals surface area contributed by atoms with Crippen LogP contribution in [0.15, 0.2) is 12.1 Å². The van der Waals surface area contributed by atoms with Crippen molar-refractivity contribution in [3.05, 3.63) is 22.7 Å². The quantitative estimate of drug-likeness (QED) is 0.727. The van der Waals surface area contributed by atoms with Gasteiger partial charge in [0.15, 0.2) is 0 Å². The molecule has 2 amide bonds. The second-order valence-electron chi connectivity index (χ2n) is 7.48. The molecule has 0 saturated carbocycles. The Balaban J connectivity index is 1.73. The second-order valence-corrected chi connectivity index (χ2v) is 9.27. The van der Waals surface area contributed by atoms with Crippen LogP contribution >= 0.6 is 23.4 Å². The molecule has 2 bridgehead atoms. The molecule has 148 valence electrons. The summed E-state index contributed by atoms with van der Waals surface area (Å²) in [6, 6.07) is 3.04. The van der Waals surface area contributed by atoms with E-state index in [1.165, 1.54) is 12.1 Å². The molecule has 3 rings (SSSR count). The van der Waals surface area contributed by atoms with Gasteiger partial charge in [0, 0.05) is 13.1 Å². The lowest BCUT2D eigenvalue weighted by molar-refractivity contribution is -0.133. The average Bonchev–Trinajstić information content (AvgIpc) is 3.24. The molecule has 0 spiro atoms. The first-order chi connectivity index (χ1) is 12.8. The molecule has 2 aliphatic rings. The molecule has 1 unspecified atom stereocenters. The van der Waals surface area contributed by atoms with Crippen molar-refractivity contribution in [3.8, 4) is 5.75 Å². The summed E-state index contributed by atoms with van der Waals surface area (Å²) in [5, 5.41) is 10.1. The van der Waals surface area contributed by atoms with Crippen LogP contribution in [-0.4, -0.2) is 62.9 Å². The molecule has 3 atom stereocenters. The van der Waals surface area contributed by atoms with E-state index in [1.807, 2.05) is 4.90 Å². The summed E-state index contributed by atoms with van der Waals surface area (Å²) < 4.78 is 0. The van der Waals surface area contributed by atoms with Crippen LogP contribution in [0.25, 0.3) is 0 Å². The number of thioether (sulfide) groups is 1. The minimum absolute atomic E-state index is 0.00150. The van der Waals surface area contributed by atoms with Gasteiger partial charge < -0.3 is 20.6 Å². The molecule has 2 aliphatic heterocycles. The molecule has 0 aliphatic carbocycles. The maximum Gasteiger partial charge on any atom is 0.258 e. The van der Waals surface area contributed by atoms with Crippen LogP contribution in [0.2, 0.25) is 5.02 Å². The number of fused-ring (bicyclic) bond motifs is 2. The van der Waals surface area contributed by atoms with Crippen molar-refractivity contribution in [2.45, 2.75) is 44.5 Å². The van der Waals surface area contributed by atoms with Gasteiger partial charge in [-0.25, -0.2) is 0 Å². The minimum atomic E-state index is -0.281. The number of benzene rings is 1. The van der Waals surface area contributed by atoms with Crippen molar-refractivity contribution in [2.75, 3.05) is 24.6 Å². The number of hydrogen-bond donors (Lipinski definition) is 2. The van der Waals surface area contributed by atoms with Crippen LogP contribution in [0.5, 0.6) is 5.75 Å². The van der Waals surface area contributed by atoms with E-state index < -0.39 is 0 Å². The van der Waals surface area contributed by atoms with Gasteiger partial charge in [-0.3, -0.25) is 9.59 Å². The third kappa shape index (κ3) is 3.59. The summed E-state index contributed by atoms with van der Waals surface area (Å²) in [6.07, 6.45) is 0.780. The molecule has 2 saturated heterocycles. The first-order valence-electron chi connectivity index (χ1n) is 9.26. The van der Waals surface area contributed by atoms with E-state index in [1.54, 1.807) is 16.7 Å². The van der Waals surface area contributed by atoms with Crippen LogP contribution < -0.4 is 5.73 Å². The highest BCUT2D eigenvalue weighted by molar-refractivity contribution is 8.00. The number of hydrogen-bond acceptors (Lipinski definition) is 5. The van der Waals surface area contributed by atoms with Gasteiger partial charge >= 0.3 is 0 Å². The van der Waals surface area contributed by atoms with E-state index in [2.05, 4.69) is 20.8 Å². The molecule has 3 N–H and O–H groups in total. The zero-order chi connectivity index (χ0) is 19.9. The smallest absolute Gasteiger partial charge is 0.258 e. The Morgan fingerprint density at radius 1 is 1.30 bits per heavy atom. The Kier molecular flexibility index (Phi) is 5.82. The number of nitrogen functional groups attached to an aromatic ring is 1. The topological polar surface area (TPSA) is 86.9 Å². The fourth-order valence-electron chi connectivity index (χ4n) is 3.98. The van der Waals surface area contributed by atoms with Gasteiger partial charge in [-0.2, -0.15) is 0 Å². The Labute approximate surface area is 169 Å². The Morgan fingerprint density at radius 3 is 2.48 bits per heavy atom. The third-order valence-electron chi connectivity index (χ3n) is 5.36. The number of carbonyl (C=O) groups excluding carboxylic acids is 2. The predicted octanol–water partition coefficient (Wildman–Crippen LogP) is 2.83. The van der Waals surface area contributed by atoms with Gasteiger partial charge in [-0.15, -0.1) is 11.8 Å². The van der Waals surface area contributed by atoms with Gasteiger partial charge in [0.2, 0.25) is 5.91 Å². The van der Waals surface area contributed by atoms with Crippen molar-refractivity contribution in [3.63, 3.8) is 0 Å². The third-order valence-corrected chi connectivity index (χ3v) is 7.19. The number of amides is 2. The molecular formula is C19H26ClN3O3S. The largest absolute Gasteiger partial charge is 0.505 e. The lowest BCUT2D eigenvalue weighted by Crippen LogP contribution is -2.53. The standard InChI is InChI=1S/C19H26ClN3O3S/c1-4-27-17(10(2)3)19(26)23-9-11-7-12(23)8-22(11)18(25)13-5-6-14(21)15(20)16(13)24/h5-6,10-12,17,24H,4,7-9,21H2,1-3H3/t11-,12-,17?/m0/s1. The highest BCUT2D eigenvalue weighted by Gasteiger charge is 2.48. The van der Waals surface area contributed by atoms with Crippen molar-refractivity contribution in [2.24, 2.45) is 5.92 Å². The number of carbonyl (C=O) groups is 2. The highest BCUT2D eigenvalue weighted by Crippen LogP contribution is 2.38. The number of halogens is 1. The van der Waals surface area contributed by atoms with E-state index in [0.717, 1.165) is 12.2 Å². The SMILES string of the molecule is CCSC(C(=O)N1C[C@@H]2C[C@H]1CN2C(=O)c1ccc(N)c(Cl)c1O)C(C)C. The van der Waals surface area contributed by atoms with Crippen molar-refractivity contribution >= 4 is 40.9 Å². The minimum Gasteiger partial charge on any atom is -0.505 e. The predicted molar refractivity (Wildman–Crippen MR) is 109 cm³/mol. The fourth-order valence-corrected chi connectivity index (χ4v) is 5.17. The molecule has 2 fully saturated rings. The normalized spacial score (nSPS) is 22.6. The molecule has 6 nitrogen and oxygen atoms in total. The van der Waals surface area contributed by atoms with Crippen LogP contribution in [0.1, 0.15) is 37.6 Å². The van der Waals surface area contributed by atoms with Crippen molar-refractivity contribution in [1.29, 1.82) is 0 Å². The zero-order valence-corrected chi connectivity index (χ0v) is 17.4. The molecule has 8 heteroatoms. The summed E-state index contributed by atoms with van der Waals surface area (Å²) in [5.41, 5.74) is 6.06. The Morgan fingerprint density at radius 2 is 1.93 bits per heavy atom. The van der Waals surface area contributed by atoms with Gasteiger partial charge in [0.05, 0.1) is 28.6 Å². The number of aromatic hydroxyl groups is 1. The van der Waals surface area contributed by atoms with E-state index in [4.69, 9.17) is 17.3 Å². The average molecular weight is 412 g/mol.